The largest absolute Gasteiger partial charge is 0.380 e. The fourth-order valence-electron chi connectivity index (χ4n) is 1.65. The predicted octanol–water partition coefficient (Wildman–Crippen LogP) is 3.18. The summed E-state index contributed by atoms with van der Waals surface area (Å²) in [4.78, 5) is 4.60. The van der Waals surface area contributed by atoms with Gasteiger partial charge in [-0.15, -0.1) is 11.3 Å². The summed E-state index contributed by atoms with van der Waals surface area (Å²) in [5.74, 6) is 0. The van der Waals surface area contributed by atoms with Crippen molar-refractivity contribution in [3.8, 4) is 0 Å². The number of fused-ring (bicyclic) bond motifs is 1. The molecule has 2 aromatic rings. The van der Waals surface area contributed by atoms with E-state index in [0.717, 1.165) is 25.2 Å². The van der Waals surface area contributed by atoms with Crippen LogP contribution in [0.1, 0.15) is 6.42 Å². The summed E-state index contributed by atoms with van der Waals surface area (Å²) in [5, 5.41) is 0.602. The summed E-state index contributed by atoms with van der Waals surface area (Å²) in [6, 6.07) is 8.30. The van der Waals surface area contributed by atoms with E-state index in [1.54, 1.807) is 11.3 Å². The summed E-state index contributed by atoms with van der Waals surface area (Å²) < 4.78 is 7.81. The summed E-state index contributed by atoms with van der Waals surface area (Å²) in [6.45, 7) is 1.78. The van der Waals surface area contributed by atoms with Crippen LogP contribution >= 0.6 is 23.1 Å². The van der Waals surface area contributed by atoms with Crippen molar-refractivity contribution in [3.05, 3.63) is 24.3 Å². The molecule has 0 N–H and O–H groups in total. The molecule has 4 heteroatoms. The molecule has 1 fully saturated rings. The van der Waals surface area contributed by atoms with Crippen molar-refractivity contribution < 1.29 is 4.74 Å². The lowest BCUT2D eigenvalue weighted by atomic mass is 10.3. The molecular weight excluding hydrogens is 226 g/mol. The minimum absolute atomic E-state index is 0.602. The second kappa shape index (κ2) is 4.12. The topological polar surface area (TPSA) is 22.1 Å². The van der Waals surface area contributed by atoms with Crippen molar-refractivity contribution >= 4 is 33.3 Å². The Balaban J connectivity index is 1.84. The lowest BCUT2D eigenvalue weighted by molar-refractivity contribution is 0.199. The van der Waals surface area contributed by atoms with Gasteiger partial charge in [0.05, 0.1) is 16.8 Å². The van der Waals surface area contributed by atoms with Crippen LogP contribution in [0.15, 0.2) is 28.6 Å². The molecule has 0 radical (unpaired) electrons. The van der Waals surface area contributed by atoms with Gasteiger partial charge in [-0.2, -0.15) is 0 Å². The summed E-state index contributed by atoms with van der Waals surface area (Å²) in [7, 11) is 0. The molecule has 0 aliphatic carbocycles. The van der Waals surface area contributed by atoms with Crippen LogP contribution in [0.4, 0.5) is 0 Å². The maximum Gasteiger partial charge on any atom is 0.151 e. The van der Waals surface area contributed by atoms with Gasteiger partial charge in [0.25, 0.3) is 0 Å². The third-order valence-electron chi connectivity index (χ3n) is 2.43. The Morgan fingerprint density at radius 3 is 3.13 bits per heavy atom. The van der Waals surface area contributed by atoms with Crippen molar-refractivity contribution in [1.29, 1.82) is 0 Å². The van der Waals surface area contributed by atoms with E-state index in [4.69, 9.17) is 4.74 Å². The minimum atomic E-state index is 0.602. The fourth-order valence-corrected chi connectivity index (χ4v) is 4.03. The molecule has 1 aromatic heterocycles. The Hall–Kier alpha value is -0.580. The van der Waals surface area contributed by atoms with Crippen molar-refractivity contribution in [1.82, 2.24) is 4.98 Å². The maximum atomic E-state index is 5.36. The van der Waals surface area contributed by atoms with Gasteiger partial charge in [0, 0.05) is 11.9 Å². The molecule has 0 unspecified atom stereocenters. The van der Waals surface area contributed by atoms with Crippen LogP contribution in [0.25, 0.3) is 10.2 Å². The van der Waals surface area contributed by atoms with Crippen LogP contribution < -0.4 is 0 Å². The van der Waals surface area contributed by atoms with E-state index in [9.17, 15) is 0 Å². The van der Waals surface area contributed by atoms with Gasteiger partial charge in [-0.25, -0.2) is 4.98 Å². The number of rotatable bonds is 2. The van der Waals surface area contributed by atoms with E-state index < -0.39 is 0 Å². The number of thioether (sulfide) groups is 1. The van der Waals surface area contributed by atoms with Gasteiger partial charge >= 0.3 is 0 Å². The number of ether oxygens (including phenoxy) is 1. The molecule has 2 heterocycles. The van der Waals surface area contributed by atoms with Crippen molar-refractivity contribution in [2.75, 3.05) is 13.2 Å². The van der Waals surface area contributed by atoms with Crippen LogP contribution in [-0.2, 0) is 4.74 Å². The number of hydrogen-bond donors (Lipinski definition) is 0. The van der Waals surface area contributed by atoms with Gasteiger partial charge in [0.2, 0.25) is 0 Å². The van der Waals surface area contributed by atoms with Gasteiger partial charge in [-0.3, -0.25) is 0 Å². The quantitative estimate of drug-likeness (QED) is 0.801. The molecule has 0 spiro atoms. The number of nitrogens with zero attached hydrogens (tertiary/aromatic N) is 1. The van der Waals surface area contributed by atoms with E-state index >= 15 is 0 Å². The van der Waals surface area contributed by atoms with Gasteiger partial charge in [0.1, 0.15) is 0 Å². The Labute approximate surface area is 96.7 Å². The predicted molar refractivity (Wildman–Crippen MR) is 64.7 cm³/mol. The van der Waals surface area contributed by atoms with E-state index in [2.05, 4.69) is 23.2 Å². The molecule has 0 saturated carbocycles. The maximum absolute atomic E-state index is 5.36. The first kappa shape index (κ1) is 9.63. The second-order valence-corrected chi connectivity index (χ2v) is 6.13. The Bertz CT molecular complexity index is 429. The molecule has 3 rings (SSSR count). The number of thiazole rings is 1. The highest BCUT2D eigenvalue weighted by Crippen LogP contribution is 2.34. The smallest absolute Gasteiger partial charge is 0.151 e. The average molecular weight is 237 g/mol. The third kappa shape index (κ3) is 2.02. The molecule has 1 aromatic carbocycles. The minimum Gasteiger partial charge on any atom is -0.380 e. The van der Waals surface area contributed by atoms with E-state index in [-0.39, 0.29) is 0 Å². The SMILES string of the molecule is c1ccc2sc(S[C@@H]3CCOC3)nc2c1. The average Bonchev–Trinajstić information content (AvgIpc) is 2.86. The summed E-state index contributed by atoms with van der Waals surface area (Å²) in [5.41, 5.74) is 1.11. The first-order valence-corrected chi connectivity index (χ1v) is 6.71. The second-order valence-electron chi connectivity index (χ2n) is 3.55. The van der Waals surface area contributed by atoms with Crippen LogP contribution in [0.3, 0.4) is 0 Å². The lowest BCUT2D eigenvalue weighted by Crippen LogP contribution is -1.99. The van der Waals surface area contributed by atoms with Crippen LogP contribution in [0.5, 0.6) is 0 Å². The van der Waals surface area contributed by atoms with Crippen LogP contribution in [0, 0.1) is 0 Å². The van der Waals surface area contributed by atoms with Crippen molar-refractivity contribution in [2.24, 2.45) is 0 Å². The fraction of sp³-hybridized carbons (Fsp3) is 0.364. The molecule has 1 aliphatic heterocycles. The van der Waals surface area contributed by atoms with Gasteiger partial charge in [0.15, 0.2) is 4.34 Å². The lowest BCUT2D eigenvalue weighted by Gasteiger charge is -2.01. The zero-order chi connectivity index (χ0) is 10.1. The highest BCUT2D eigenvalue weighted by Gasteiger charge is 2.18. The first-order chi connectivity index (χ1) is 7.42. The molecule has 1 aliphatic rings. The Morgan fingerprint density at radius 2 is 2.33 bits per heavy atom. The van der Waals surface area contributed by atoms with Gasteiger partial charge < -0.3 is 4.74 Å². The number of hydrogen-bond acceptors (Lipinski definition) is 4. The third-order valence-corrected chi connectivity index (χ3v) is 4.80. The van der Waals surface area contributed by atoms with E-state index in [0.29, 0.717) is 5.25 Å². The molecule has 1 saturated heterocycles. The van der Waals surface area contributed by atoms with Crippen LogP contribution in [0.2, 0.25) is 0 Å². The molecule has 1 atom stereocenters. The summed E-state index contributed by atoms with van der Waals surface area (Å²) >= 11 is 3.64. The Kier molecular flexibility index (Phi) is 2.64. The van der Waals surface area contributed by atoms with Gasteiger partial charge in [-0.05, 0) is 18.6 Å². The van der Waals surface area contributed by atoms with Crippen molar-refractivity contribution in [3.63, 3.8) is 0 Å². The van der Waals surface area contributed by atoms with Crippen LogP contribution in [-0.4, -0.2) is 23.4 Å². The van der Waals surface area contributed by atoms with Crippen molar-refractivity contribution in [2.45, 2.75) is 16.0 Å². The van der Waals surface area contributed by atoms with E-state index in [1.807, 2.05) is 17.8 Å². The molecule has 78 valence electrons. The Morgan fingerprint density at radius 1 is 1.40 bits per heavy atom. The zero-order valence-electron chi connectivity index (χ0n) is 8.18. The number of benzene rings is 1. The highest BCUT2D eigenvalue weighted by atomic mass is 32.2. The van der Waals surface area contributed by atoms with Gasteiger partial charge in [-0.1, -0.05) is 23.9 Å². The molecule has 15 heavy (non-hydrogen) atoms. The monoisotopic (exact) mass is 237 g/mol. The molecular formula is C11H11NOS2. The molecule has 0 amide bonds. The zero-order valence-corrected chi connectivity index (χ0v) is 9.81. The van der Waals surface area contributed by atoms with E-state index in [1.165, 1.54) is 9.04 Å². The normalized spacial score (nSPS) is 21.2. The molecule has 2 nitrogen and oxygen atoms in total. The summed E-state index contributed by atoms with van der Waals surface area (Å²) in [6.07, 6.45) is 1.15. The number of para-hydroxylation sites is 1. The highest BCUT2D eigenvalue weighted by molar-refractivity contribution is 8.01. The molecule has 0 bridgehead atoms. The number of aromatic nitrogens is 1. The first-order valence-electron chi connectivity index (χ1n) is 5.02. The standard InChI is InChI=1S/C11H11NOS2/c1-2-4-10-9(3-1)12-11(15-10)14-8-5-6-13-7-8/h1-4,8H,5-7H2/t8-/m1/s1.